The number of nitrogens with zero attached hydrogens (tertiary/aromatic N) is 2. The minimum Gasteiger partial charge on any atom is -0.326 e. The van der Waals surface area contributed by atoms with Crippen LogP contribution in [0.4, 0.5) is 11.4 Å². The average Bonchev–Trinajstić information content (AvgIpc) is 2.51. The highest BCUT2D eigenvalue weighted by Gasteiger charge is 2.09. The molecule has 0 spiro atoms. The monoisotopic (exact) mass is 320 g/mol. The van der Waals surface area contributed by atoms with E-state index in [9.17, 15) is 19.7 Å². The summed E-state index contributed by atoms with van der Waals surface area (Å²) in [5.74, 6) is -0.556. The molecular weight excluding hydrogens is 300 g/mol. The highest BCUT2D eigenvalue weighted by molar-refractivity contribution is 6.05. The van der Waals surface area contributed by atoms with E-state index in [0.717, 1.165) is 12.8 Å². The molecule has 0 aliphatic heterocycles. The lowest BCUT2D eigenvalue weighted by molar-refractivity contribution is -0.384. The number of hydrogen-bond acceptors (Lipinski definition) is 5. The number of amides is 2. The number of nitro benzene ring substituents is 1. The van der Waals surface area contributed by atoms with Crippen molar-refractivity contribution in [1.29, 1.82) is 0 Å². The first kappa shape index (κ1) is 18.3. The molecular formula is C15H20N4O4. The second kappa shape index (κ2) is 9.29. The fourth-order valence-electron chi connectivity index (χ4n) is 1.73. The molecule has 0 bridgehead atoms. The summed E-state index contributed by atoms with van der Waals surface area (Å²) in [6.45, 7) is 3.60. The van der Waals surface area contributed by atoms with Crippen molar-refractivity contribution in [2.24, 2.45) is 5.10 Å². The smallest absolute Gasteiger partial charge is 0.271 e. The second-order valence-corrected chi connectivity index (χ2v) is 5.02. The van der Waals surface area contributed by atoms with Gasteiger partial charge < -0.3 is 5.32 Å². The predicted molar refractivity (Wildman–Crippen MR) is 87.1 cm³/mol. The third kappa shape index (κ3) is 7.16. The SMILES string of the molecule is CCCCC(=O)N/N=C(/C)CC(=O)Nc1cccc([N+](=O)[O-])c1. The van der Waals surface area contributed by atoms with Crippen molar-refractivity contribution < 1.29 is 14.5 Å². The summed E-state index contributed by atoms with van der Waals surface area (Å²) in [6, 6.07) is 5.66. The molecule has 0 aliphatic rings. The van der Waals surface area contributed by atoms with Crippen LogP contribution in [0.1, 0.15) is 39.5 Å². The van der Waals surface area contributed by atoms with E-state index in [4.69, 9.17) is 0 Å². The van der Waals surface area contributed by atoms with Crippen LogP contribution in [-0.2, 0) is 9.59 Å². The van der Waals surface area contributed by atoms with Gasteiger partial charge in [0.05, 0.1) is 11.3 Å². The predicted octanol–water partition coefficient (Wildman–Crippen LogP) is 2.61. The van der Waals surface area contributed by atoms with Gasteiger partial charge in [0.25, 0.3) is 5.69 Å². The summed E-state index contributed by atoms with van der Waals surface area (Å²) in [4.78, 5) is 33.4. The van der Waals surface area contributed by atoms with Crippen LogP contribution in [0.3, 0.4) is 0 Å². The number of non-ortho nitro benzene ring substituents is 1. The minimum absolute atomic E-state index is 0.0171. The van der Waals surface area contributed by atoms with Crippen LogP contribution in [0, 0.1) is 10.1 Å². The number of benzene rings is 1. The molecule has 124 valence electrons. The summed E-state index contributed by atoms with van der Waals surface area (Å²) >= 11 is 0. The van der Waals surface area contributed by atoms with Gasteiger partial charge in [-0.3, -0.25) is 19.7 Å². The summed E-state index contributed by atoms with van der Waals surface area (Å²) in [5.41, 5.74) is 3.07. The lowest BCUT2D eigenvalue weighted by Gasteiger charge is -2.05. The van der Waals surface area contributed by atoms with Gasteiger partial charge in [-0.25, -0.2) is 5.43 Å². The van der Waals surface area contributed by atoms with Gasteiger partial charge in [0.15, 0.2) is 0 Å². The fraction of sp³-hybridized carbons (Fsp3) is 0.400. The third-order valence-corrected chi connectivity index (χ3v) is 2.89. The first-order valence-electron chi connectivity index (χ1n) is 7.28. The minimum atomic E-state index is -0.534. The zero-order valence-corrected chi connectivity index (χ0v) is 13.2. The van der Waals surface area contributed by atoms with Crippen LogP contribution >= 0.6 is 0 Å². The Morgan fingerprint density at radius 3 is 2.70 bits per heavy atom. The zero-order valence-electron chi connectivity index (χ0n) is 13.2. The summed E-state index contributed by atoms with van der Waals surface area (Å²) in [6.07, 6.45) is 2.08. The van der Waals surface area contributed by atoms with Crippen LogP contribution in [0.2, 0.25) is 0 Å². The maximum absolute atomic E-state index is 11.8. The van der Waals surface area contributed by atoms with Gasteiger partial charge in [-0.2, -0.15) is 5.10 Å². The Bertz CT molecular complexity index is 613. The molecule has 23 heavy (non-hydrogen) atoms. The largest absolute Gasteiger partial charge is 0.326 e. The van der Waals surface area contributed by atoms with Gasteiger partial charge >= 0.3 is 0 Å². The number of carbonyl (C=O) groups is 2. The number of nitro groups is 1. The molecule has 0 heterocycles. The Morgan fingerprint density at radius 2 is 2.04 bits per heavy atom. The van der Waals surface area contributed by atoms with Gasteiger partial charge in [-0.15, -0.1) is 0 Å². The Labute approximate surface area is 134 Å². The first-order valence-corrected chi connectivity index (χ1v) is 7.28. The number of unbranched alkanes of at least 4 members (excludes halogenated alkanes) is 1. The van der Waals surface area contributed by atoms with Crippen LogP contribution in [0.25, 0.3) is 0 Å². The Kier molecular flexibility index (Phi) is 7.38. The van der Waals surface area contributed by atoms with Gasteiger partial charge in [0.2, 0.25) is 11.8 Å². The molecule has 0 saturated heterocycles. The van der Waals surface area contributed by atoms with E-state index >= 15 is 0 Å². The van der Waals surface area contributed by atoms with E-state index in [1.807, 2.05) is 6.92 Å². The van der Waals surface area contributed by atoms with Crippen LogP contribution in [0.5, 0.6) is 0 Å². The van der Waals surface area contributed by atoms with Crippen molar-refractivity contribution >= 4 is 28.9 Å². The molecule has 0 unspecified atom stereocenters. The Hall–Kier alpha value is -2.77. The fourth-order valence-corrected chi connectivity index (χ4v) is 1.73. The van der Waals surface area contributed by atoms with Crippen molar-refractivity contribution in [3.63, 3.8) is 0 Å². The van der Waals surface area contributed by atoms with Gasteiger partial charge in [0.1, 0.15) is 0 Å². The Balaban J connectivity index is 2.51. The van der Waals surface area contributed by atoms with Crippen molar-refractivity contribution in [1.82, 2.24) is 5.43 Å². The highest BCUT2D eigenvalue weighted by atomic mass is 16.6. The molecule has 2 N–H and O–H groups in total. The van der Waals surface area contributed by atoms with Crippen LogP contribution < -0.4 is 10.7 Å². The van der Waals surface area contributed by atoms with E-state index in [1.54, 1.807) is 13.0 Å². The summed E-state index contributed by atoms with van der Waals surface area (Å²) in [5, 5.41) is 17.1. The Morgan fingerprint density at radius 1 is 1.30 bits per heavy atom. The molecule has 0 aliphatic carbocycles. The topological polar surface area (TPSA) is 114 Å². The van der Waals surface area contributed by atoms with E-state index < -0.39 is 4.92 Å². The summed E-state index contributed by atoms with van der Waals surface area (Å²) < 4.78 is 0. The molecule has 2 amide bonds. The molecule has 0 radical (unpaired) electrons. The first-order chi connectivity index (χ1) is 10.9. The molecule has 0 saturated carbocycles. The van der Waals surface area contributed by atoms with E-state index in [0.29, 0.717) is 17.8 Å². The molecule has 1 rings (SSSR count). The molecule has 0 fully saturated rings. The van der Waals surface area contributed by atoms with Crippen molar-refractivity contribution in [3.8, 4) is 0 Å². The van der Waals surface area contributed by atoms with E-state index in [1.165, 1.54) is 18.2 Å². The molecule has 8 nitrogen and oxygen atoms in total. The van der Waals surface area contributed by atoms with Crippen LogP contribution in [0.15, 0.2) is 29.4 Å². The molecule has 0 aromatic heterocycles. The standard InChI is InChI=1S/C15H20N4O4/c1-3-4-8-14(20)18-17-11(2)9-15(21)16-12-6-5-7-13(10-12)19(22)23/h5-7,10H,3-4,8-9H2,1-2H3,(H,16,21)(H,18,20)/b17-11-. The number of anilines is 1. The van der Waals surface area contributed by atoms with E-state index in [2.05, 4.69) is 15.8 Å². The maximum atomic E-state index is 11.8. The molecule has 1 aromatic carbocycles. The maximum Gasteiger partial charge on any atom is 0.271 e. The summed E-state index contributed by atoms with van der Waals surface area (Å²) in [7, 11) is 0. The molecule has 0 atom stereocenters. The van der Waals surface area contributed by atoms with Crippen molar-refractivity contribution in [2.75, 3.05) is 5.32 Å². The van der Waals surface area contributed by atoms with Gasteiger partial charge in [-0.1, -0.05) is 19.4 Å². The molecule has 8 heteroatoms. The number of hydrogen-bond donors (Lipinski definition) is 2. The van der Waals surface area contributed by atoms with Gasteiger partial charge in [-0.05, 0) is 19.4 Å². The number of hydrazone groups is 1. The quantitative estimate of drug-likeness (QED) is 0.435. The molecule has 1 aromatic rings. The van der Waals surface area contributed by atoms with Crippen molar-refractivity contribution in [3.05, 3.63) is 34.4 Å². The van der Waals surface area contributed by atoms with E-state index in [-0.39, 0.29) is 23.9 Å². The lowest BCUT2D eigenvalue weighted by Crippen LogP contribution is -2.21. The number of nitrogens with one attached hydrogen (secondary N) is 2. The normalized spacial score (nSPS) is 11.0. The second-order valence-electron chi connectivity index (χ2n) is 5.02. The highest BCUT2D eigenvalue weighted by Crippen LogP contribution is 2.17. The average molecular weight is 320 g/mol. The lowest BCUT2D eigenvalue weighted by atomic mass is 10.2. The zero-order chi connectivity index (χ0) is 17.2. The number of rotatable bonds is 8. The van der Waals surface area contributed by atoms with Crippen LogP contribution in [-0.4, -0.2) is 22.4 Å². The third-order valence-electron chi connectivity index (χ3n) is 2.89. The van der Waals surface area contributed by atoms with Crippen molar-refractivity contribution in [2.45, 2.75) is 39.5 Å². The van der Waals surface area contributed by atoms with Gasteiger partial charge in [0, 0.05) is 30.0 Å². The number of carbonyl (C=O) groups excluding carboxylic acids is 2.